The van der Waals surface area contributed by atoms with E-state index in [1.807, 2.05) is 0 Å². The van der Waals surface area contributed by atoms with Crippen LogP contribution in [0.2, 0.25) is 0 Å². The summed E-state index contributed by atoms with van der Waals surface area (Å²) in [5, 5.41) is 2.72. The summed E-state index contributed by atoms with van der Waals surface area (Å²) in [5.74, 6) is -1.56. The molecule has 176 valence electrons. The fourth-order valence-electron chi connectivity index (χ4n) is 4.13. The molecule has 2 heterocycles. The molecular weight excluding hydrogens is 453 g/mol. The maximum absolute atomic E-state index is 14.1. The highest BCUT2D eigenvalue weighted by molar-refractivity contribution is 6.21. The maximum atomic E-state index is 14.1. The van der Waals surface area contributed by atoms with E-state index in [-0.39, 0.29) is 32.0 Å². The highest BCUT2D eigenvalue weighted by atomic mass is 19.1. The van der Waals surface area contributed by atoms with E-state index in [2.05, 4.69) is 5.32 Å². The summed E-state index contributed by atoms with van der Waals surface area (Å²) in [6.45, 7) is -0.211. The monoisotopic (exact) mass is 473 g/mol. The molecule has 0 aromatic heterocycles. The van der Waals surface area contributed by atoms with E-state index in [1.165, 1.54) is 11.0 Å². The van der Waals surface area contributed by atoms with Crippen LogP contribution >= 0.6 is 0 Å². The zero-order valence-electron chi connectivity index (χ0n) is 18.5. The lowest BCUT2D eigenvalue weighted by Gasteiger charge is -2.30. The largest absolute Gasteiger partial charge is 0.481 e. The van der Waals surface area contributed by atoms with Crippen LogP contribution in [0.5, 0.6) is 5.75 Å². The van der Waals surface area contributed by atoms with Crippen molar-refractivity contribution < 1.29 is 28.3 Å². The summed E-state index contributed by atoms with van der Waals surface area (Å²) in [7, 11) is 0. The van der Waals surface area contributed by atoms with Gasteiger partial charge >= 0.3 is 0 Å². The molecule has 2 aliphatic rings. The van der Waals surface area contributed by atoms with Crippen molar-refractivity contribution in [3.8, 4) is 5.75 Å². The third-order valence-corrected chi connectivity index (χ3v) is 5.91. The van der Waals surface area contributed by atoms with Crippen LogP contribution in [0.4, 0.5) is 15.8 Å². The fourth-order valence-corrected chi connectivity index (χ4v) is 4.13. The van der Waals surface area contributed by atoms with Gasteiger partial charge in [0.05, 0.1) is 23.4 Å². The topological polar surface area (TPSA) is 96.0 Å². The number of benzene rings is 3. The summed E-state index contributed by atoms with van der Waals surface area (Å²) in [5.41, 5.74) is 1.93. The van der Waals surface area contributed by atoms with Crippen molar-refractivity contribution in [3.63, 3.8) is 0 Å². The van der Waals surface area contributed by atoms with Gasteiger partial charge in [0.2, 0.25) is 5.91 Å². The van der Waals surface area contributed by atoms with Gasteiger partial charge in [0.25, 0.3) is 17.7 Å². The van der Waals surface area contributed by atoms with Crippen molar-refractivity contribution in [1.29, 1.82) is 0 Å². The average Bonchev–Trinajstić information content (AvgIpc) is 3.10. The van der Waals surface area contributed by atoms with Crippen molar-refractivity contribution in [3.05, 3.63) is 89.2 Å². The van der Waals surface area contributed by atoms with Crippen molar-refractivity contribution >= 4 is 35.0 Å². The molecule has 2 aliphatic heterocycles. The number of ether oxygens (including phenoxy) is 1. The number of halogens is 1. The average molecular weight is 473 g/mol. The Kier molecular flexibility index (Phi) is 5.74. The Hall–Kier alpha value is -4.53. The van der Waals surface area contributed by atoms with Gasteiger partial charge < -0.3 is 15.0 Å². The minimum atomic E-state index is -0.416. The number of rotatable bonds is 6. The van der Waals surface area contributed by atoms with E-state index in [0.29, 0.717) is 33.8 Å². The lowest BCUT2D eigenvalue weighted by Crippen LogP contribution is -2.38. The van der Waals surface area contributed by atoms with Crippen molar-refractivity contribution in [2.45, 2.75) is 13.0 Å². The zero-order valence-corrected chi connectivity index (χ0v) is 18.5. The Morgan fingerprint density at radius 3 is 2.31 bits per heavy atom. The third kappa shape index (κ3) is 4.23. The van der Waals surface area contributed by atoms with E-state index in [0.717, 1.165) is 4.90 Å². The predicted octanol–water partition coefficient (Wildman–Crippen LogP) is 3.38. The molecule has 3 aromatic carbocycles. The highest BCUT2D eigenvalue weighted by Gasteiger charge is 2.35. The van der Waals surface area contributed by atoms with Crippen molar-refractivity contribution in [2.24, 2.45) is 0 Å². The number of hydrogen-bond donors (Lipinski definition) is 1. The summed E-state index contributed by atoms with van der Waals surface area (Å²) in [4.78, 5) is 52.3. The number of carbonyl (C=O) groups excluding carboxylic acids is 4. The van der Waals surface area contributed by atoms with E-state index >= 15 is 0 Å². The molecule has 9 heteroatoms. The molecule has 0 spiro atoms. The van der Waals surface area contributed by atoms with Crippen molar-refractivity contribution in [2.75, 3.05) is 23.4 Å². The Morgan fingerprint density at radius 2 is 1.60 bits per heavy atom. The lowest BCUT2D eigenvalue weighted by atomic mass is 10.1. The molecule has 5 rings (SSSR count). The molecular formula is C26H20FN3O5. The number of nitrogens with one attached hydrogen (secondary N) is 1. The Balaban J connectivity index is 1.25. The first-order valence-electron chi connectivity index (χ1n) is 11.0. The van der Waals surface area contributed by atoms with Crippen LogP contribution in [0.1, 0.15) is 32.7 Å². The molecule has 0 unspecified atom stereocenters. The first-order chi connectivity index (χ1) is 16.9. The van der Waals surface area contributed by atoms with Crippen LogP contribution in [-0.2, 0) is 16.1 Å². The second-order valence-corrected chi connectivity index (χ2v) is 8.15. The summed E-state index contributed by atoms with van der Waals surface area (Å²) < 4.78 is 19.6. The van der Waals surface area contributed by atoms with Gasteiger partial charge in [0.15, 0.2) is 6.61 Å². The lowest BCUT2D eigenvalue weighted by molar-refractivity contribution is -0.121. The van der Waals surface area contributed by atoms with Crippen LogP contribution in [0.25, 0.3) is 0 Å². The minimum Gasteiger partial charge on any atom is -0.481 e. The van der Waals surface area contributed by atoms with Crippen LogP contribution in [0, 0.1) is 5.82 Å². The Labute approximate surface area is 199 Å². The second kappa shape index (κ2) is 9.02. The van der Waals surface area contributed by atoms with Gasteiger partial charge in [-0.1, -0.05) is 30.3 Å². The maximum Gasteiger partial charge on any atom is 0.265 e. The van der Waals surface area contributed by atoms with Crippen LogP contribution < -0.4 is 15.0 Å². The van der Waals surface area contributed by atoms with Gasteiger partial charge in [-0.3, -0.25) is 24.1 Å². The standard InChI is InChI=1S/C26H20FN3O5/c27-20-8-4-1-5-16(20)14-30-21-10-9-17(13-22(21)35-15-24(30)32)28-23(31)11-12-29-25(33)18-6-2-3-7-19(18)26(29)34/h1-10,13H,11-12,14-15H2,(H,28,31). The number of amides is 4. The Morgan fingerprint density at radius 1 is 0.914 bits per heavy atom. The van der Waals surface area contributed by atoms with Crippen LogP contribution in [0.3, 0.4) is 0 Å². The summed E-state index contributed by atoms with van der Waals surface area (Å²) in [6, 6.07) is 17.6. The third-order valence-electron chi connectivity index (χ3n) is 5.91. The van der Waals surface area contributed by atoms with E-state index in [1.54, 1.807) is 60.7 Å². The number of hydrogen-bond acceptors (Lipinski definition) is 5. The SMILES string of the molecule is O=C(CCN1C(=O)c2ccccc2C1=O)Nc1ccc2c(c1)OCC(=O)N2Cc1ccccc1F. The number of fused-ring (bicyclic) bond motifs is 2. The Bertz CT molecular complexity index is 1340. The van der Waals surface area contributed by atoms with Gasteiger partial charge in [-0.15, -0.1) is 0 Å². The molecule has 4 amide bonds. The molecule has 35 heavy (non-hydrogen) atoms. The van der Waals surface area contributed by atoms with E-state index in [4.69, 9.17) is 4.74 Å². The number of anilines is 2. The molecule has 0 saturated heterocycles. The second-order valence-electron chi connectivity index (χ2n) is 8.15. The highest BCUT2D eigenvalue weighted by Crippen LogP contribution is 2.35. The molecule has 0 bridgehead atoms. The first-order valence-corrected chi connectivity index (χ1v) is 11.0. The van der Waals surface area contributed by atoms with Gasteiger partial charge in [0.1, 0.15) is 11.6 Å². The van der Waals surface area contributed by atoms with E-state index < -0.39 is 23.5 Å². The molecule has 0 fully saturated rings. The minimum absolute atomic E-state index is 0.0495. The van der Waals surface area contributed by atoms with Crippen LogP contribution in [-0.4, -0.2) is 41.7 Å². The number of carbonyl (C=O) groups is 4. The zero-order chi connectivity index (χ0) is 24.5. The van der Waals surface area contributed by atoms with Gasteiger partial charge in [0, 0.05) is 30.3 Å². The molecule has 0 radical (unpaired) electrons. The molecule has 1 N–H and O–H groups in total. The molecule has 3 aromatic rings. The number of nitrogens with zero attached hydrogens (tertiary/aromatic N) is 2. The molecule has 8 nitrogen and oxygen atoms in total. The molecule has 0 aliphatic carbocycles. The predicted molar refractivity (Wildman–Crippen MR) is 125 cm³/mol. The quantitative estimate of drug-likeness (QED) is 0.554. The van der Waals surface area contributed by atoms with Gasteiger partial charge in [-0.25, -0.2) is 4.39 Å². The first kappa shape index (κ1) is 22.3. The molecule has 0 saturated carbocycles. The summed E-state index contributed by atoms with van der Waals surface area (Å²) >= 11 is 0. The van der Waals surface area contributed by atoms with E-state index in [9.17, 15) is 23.6 Å². The number of imide groups is 1. The van der Waals surface area contributed by atoms with Gasteiger partial charge in [-0.05, 0) is 30.3 Å². The van der Waals surface area contributed by atoms with Crippen molar-refractivity contribution in [1.82, 2.24) is 4.90 Å². The summed E-state index contributed by atoms with van der Waals surface area (Å²) in [6.07, 6.45) is -0.0820. The smallest absolute Gasteiger partial charge is 0.265 e. The normalized spacial score (nSPS) is 14.5. The van der Waals surface area contributed by atoms with Crippen LogP contribution in [0.15, 0.2) is 66.7 Å². The van der Waals surface area contributed by atoms with Gasteiger partial charge in [-0.2, -0.15) is 0 Å². The fraction of sp³-hybridized carbons (Fsp3) is 0.154. The molecule has 0 atom stereocenters.